The summed E-state index contributed by atoms with van der Waals surface area (Å²) >= 11 is 6.26. The van der Waals surface area contributed by atoms with E-state index in [0.717, 1.165) is 0 Å². The maximum Gasteiger partial charge on any atom is 0.289 e. The van der Waals surface area contributed by atoms with Crippen LogP contribution in [0.5, 0.6) is 11.5 Å². The number of fused-ring (bicyclic) bond motifs is 1. The number of nitrogen functional groups attached to an aromatic ring is 1. The number of aromatic nitrogens is 2. The van der Waals surface area contributed by atoms with Gasteiger partial charge in [-0.25, -0.2) is 4.98 Å². The van der Waals surface area contributed by atoms with Crippen LogP contribution in [0.4, 0.5) is 11.8 Å². The van der Waals surface area contributed by atoms with Crippen LogP contribution in [0, 0.1) is 0 Å². The standard InChI is InChI=1S/C19H20ClN5O4.ClH/c1-27-15-12(20)10-11-14(16(15)28-2)22-19(23-17(11)21)25-7-5-24(6-8-25)18(26)13-4-3-9-29-13;/h3-4,9-10H,5-8H2,1-2H3,(H2,21,22,23);1H. The second-order valence-electron chi connectivity index (χ2n) is 6.49. The number of hydrogen-bond acceptors (Lipinski definition) is 8. The molecule has 1 aliphatic rings. The van der Waals surface area contributed by atoms with E-state index in [0.29, 0.717) is 71.1 Å². The molecule has 1 aromatic carbocycles. The van der Waals surface area contributed by atoms with E-state index in [1.807, 2.05) is 4.90 Å². The maximum absolute atomic E-state index is 12.4. The van der Waals surface area contributed by atoms with Gasteiger partial charge in [-0.05, 0) is 18.2 Å². The third-order valence-corrected chi connectivity index (χ3v) is 5.14. The Labute approximate surface area is 184 Å². The van der Waals surface area contributed by atoms with Gasteiger partial charge in [-0.1, -0.05) is 11.6 Å². The number of carbonyl (C=O) groups excluding carboxylic acids is 1. The summed E-state index contributed by atoms with van der Waals surface area (Å²) in [6, 6.07) is 5.02. The second kappa shape index (κ2) is 8.85. The van der Waals surface area contributed by atoms with E-state index in [1.165, 1.54) is 20.5 Å². The first-order valence-corrected chi connectivity index (χ1v) is 9.36. The molecule has 2 N–H and O–H groups in total. The molecule has 1 aliphatic heterocycles. The van der Waals surface area contributed by atoms with Crippen molar-refractivity contribution in [3.8, 4) is 11.5 Å². The van der Waals surface area contributed by atoms with E-state index >= 15 is 0 Å². The number of furan rings is 1. The Kier molecular flexibility index (Phi) is 6.42. The van der Waals surface area contributed by atoms with Gasteiger partial charge in [0.1, 0.15) is 11.3 Å². The number of nitrogens with zero attached hydrogens (tertiary/aromatic N) is 4. The minimum absolute atomic E-state index is 0. The van der Waals surface area contributed by atoms with Gasteiger partial charge in [0, 0.05) is 31.6 Å². The van der Waals surface area contributed by atoms with Crippen LogP contribution in [0.1, 0.15) is 10.6 Å². The summed E-state index contributed by atoms with van der Waals surface area (Å²) < 4.78 is 16.0. The lowest BCUT2D eigenvalue weighted by Crippen LogP contribution is -2.49. The maximum atomic E-state index is 12.4. The first-order valence-electron chi connectivity index (χ1n) is 8.99. The number of piperazine rings is 1. The molecule has 0 saturated carbocycles. The van der Waals surface area contributed by atoms with Crippen molar-refractivity contribution in [3.05, 3.63) is 35.2 Å². The van der Waals surface area contributed by atoms with Crippen LogP contribution in [0.25, 0.3) is 10.9 Å². The van der Waals surface area contributed by atoms with Crippen molar-refractivity contribution >= 4 is 52.6 Å². The molecule has 160 valence electrons. The Morgan fingerprint density at radius 2 is 1.87 bits per heavy atom. The largest absolute Gasteiger partial charge is 0.491 e. The zero-order chi connectivity index (χ0) is 20.5. The molecule has 1 saturated heterocycles. The average Bonchev–Trinajstić information content (AvgIpc) is 3.27. The van der Waals surface area contributed by atoms with Crippen LogP contribution in [0.2, 0.25) is 5.02 Å². The van der Waals surface area contributed by atoms with E-state index in [4.69, 9.17) is 31.2 Å². The molecule has 3 aromatic rings. The highest BCUT2D eigenvalue weighted by atomic mass is 35.5. The number of carbonyl (C=O) groups is 1. The SMILES string of the molecule is COc1c(Cl)cc2c(N)nc(N3CCN(C(=O)c4ccco4)CC3)nc2c1OC.Cl. The van der Waals surface area contributed by atoms with E-state index < -0.39 is 0 Å². The second-order valence-corrected chi connectivity index (χ2v) is 6.89. The number of amides is 1. The Morgan fingerprint density at radius 3 is 2.47 bits per heavy atom. The first-order chi connectivity index (χ1) is 14.0. The predicted octanol–water partition coefficient (Wildman–Crippen LogP) is 2.86. The zero-order valence-electron chi connectivity index (χ0n) is 16.4. The molecule has 0 spiro atoms. The van der Waals surface area contributed by atoms with Crippen LogP contribution in [-0.2, 0) is 0 Å². The van der Waals surface area contributed by atoms with Crippen molar-refractivity contribution in [2.75, 3.05) is 51.0 Å². The zero-order valence-corrected chi connectivity index (χ0v) is 18.0. The highest BCUT2D eigenvalue weighted by molar-refractivity contribution is 6.33. The van der Waals surface area contributed by atoms with Crippen LogP contribution in [0.15, 0.2) is 28.9 Å². The van der Waals surface area contributed by atoms with Crippen LogP contribution in [0.3, 0.4) is 0 Å². The van der Waals surface area contributed by atoms with Gasteiger partial charge in [0.25, 0.3) is 5.91 Å². The van der Waals surface area contributed by atoms with Crippen molar-refractivity contribution in [1.82, 2.24) is 14.9 Å². The molecule has 0 radical (unpaired) electrons. The fraction of sp³-hybridized carbons (Fsp3) is 0.316. The van der Waals surface area contributed by atoms with Crippen LogP contribution in [-0.4, -0.2) is 61.2 Å². The lowest BCUT2D eigenvalue weighted by atomic mass is 10.2. The lowest BCUT2D eigenvalue weighted by Gasteiger charge is -2.34. The van der Waals surface area contributed by atoms with Gasteiger partial charge >= 0.3 is 0 Å². The van der Waals surface area contributed by atoms with Gasteiger partial charge in [-0.3, -0.25) is 4.79 Å². The number of rotatable bonds is 4. The summed E-state index contributed by atoms with van der Waals surface area (Å²) in [7, 11) is 3.03. The lowest BCUT2D eigenvalue weighted by molar-refractivity contribution is 0.0714. The minimum atomic E-state index is -0.130. The number of hydrogen-bond donors (Lipinski definition) is 1. The molecule has 3 heterocycles. The molecule has 1 fully saturated rings. The van der Waals surface area contributed by atoms with Crippen molar-refractivity contribution in [1.29, 1.82) is 0 Å². The van der Waals surface area contributed by atoms with Crippen LogP contribution >= 0.6 is 24.0 Å². The average molecular weight is 454 g/mol. The Hall–Kier alpha value is -2.91. The molecule has 0 aliphatic carbocycles. The Balaban J connectivity index is 0.00000256. The van der Waals surface area contributed by atoms with Gasteiger partial charge in [0.15, 0.2) is 17.3 Å². The van der Waals surface area contributed by atoms with E-state index in [1.54, 1.807) is 23.1 Å². The fourth-order valence-corrected chi connectivity index (χ4v) is 3.66. The number of halogens is 2. The van der Waals surface area contributed by atoms with Crippen molar-refractivity contribution < 1.29 is 18.7 Å². The predicted molar refractivity (Wildman–Crippen MR) is 116 cm³/mol. The quantitative estimate of drug-likeness (QED) is 0.642. The first kappa shape index (κ1) is 21.8. The van der Waals surface area contributed by atoms with E-state index in [9.17, 15) is 4.79 Å². The molecule has 30 heavy (non-hydrogen) atoms. The van der Waals surface area contributed by atoms with Crippen molar-refractivity contribution in [2.45, 2.75) is 0 Å². The molecule has 0 unspecified atom stereocenters. The van der Waals surface area contributed by atoms with Gasteiger partial charge in [0.2, 0.25) is 5.95 Å². The summed E-state index contributed by atoms with van der Waals surface area (Å²) in [6.45, 7) is 2.15. The minimum Gasteiger partial charge on any atom is -0.491 e. The number of anilines is 2. The molecule has 4 rings (SSSR count). The van der Waals surface area contributed by atoms with Crippen molar-refractivity contribution in [3.63, 3.8) is 0 Å². The molecule has 9 nitrogen and oxygen atoms in total. The van der Waals surface area contributed by atoms with Crippen LogP contribution < -0.4 is 20.1 Å². The summed E-state index contributed by atoms with van der Waals surface area (Å²) in [5, 5.41) is 0.952. The molecular formula is C19H21Cl2N5O4. The van der Waals surface area contributed by atoms with Gasteiger partial charge in [-0.15, -0.1) is 12.4 Å². The van der Waals surface area contributed by atoms with Gasteiger partial charge in [-0.2, -0.15) is 4.98 Å². The topological polar surface area (TPSA) is 107 Å². The molecule has 2 aromatic heterocycles. The van der Waals surface area contributed by atoms with E-state index in [-0.39, 0.29) is 18.3 Å². The number of ether oxygens (including phenoxy) is 2. The Morgan fingerprint density at radius 1 is 1.17 bits per heavy atom. The highest BCUT2D eigenvalue weighted by Crippen LogP contribution is 2.42. The molecule has 0 atom stereocenters. The number of nitrogens with two attached hydrogens (primary N) is 1. The molecule has 1 amide bonds. The third kappa shape index (κ3) is 3.78. The van der Waals surface area contributed by atoms with E-state index in [2.05, 4.69) is 9.97 Å². The summed E-state index contributed by atoms with van der Waals surface area (Å²) in [5.41, 5.74) is 6.70. The third-order valence-electron chi connectivity index (χ3n) is 4.86. The number of benzene rings is 1. The monoisotopic (exact) mass is 453 g/mol. The highest BCUT2D eigenvalue weighted by Gasteiger charge is 2.26. The summed E-state index contributed by atoms with van der Waals surface area (Å²) in [6.07, 6.45) is 1.49. The molecular weight excluding hydrogens is 433 g/mol. The fourth-order valence-electron chi connectivity index (χ4n) is 3.38. The Bertz CT molecular complexity index is 1050. The normalized spacial score (nSPS) is 13.8. The van der Waals surface area contributed by atoms with Gasteiger partial charge < -0.3 is 29.4 Å². The smallest absolute Gasteiger partial charge is 0.289 e. The van der Waals surface area contributed by atoms with Gasteiger partial charge in [0.05, 0.1) is 25.5 Å². The molecule has 0 bridgehead atoms. The summed E-state index contributed by atoms with van der Waals surface area (Å²) in [5.74, 6) is 1.74. The van der Waals surface area contributed by atoms with Crippen molar-refractivity contribution in [2.24, 2.45) is 0 Å². The molecule has 11 heteroatoms. The number of methoxy groups -OCH3 is 2. The summed E-state index contributed by atoms with van der Waals surface area (Å²) in [4.78, 5) is 25.2.